The molecule has 1 aromatic carbocycles. The van der Waals surface area contributed by atoms with Gasteiger partial charge in [-0.15, -0.1) is 0 Å². The molecule has 1 aromatic heterocycles. The summed E-state index contributed by atoms with van der Waals surface area (Å²) in [6, 6.07) is 9.29. The quantitative estimate of drug-likeness (QED) is 0.525. The molecule has 1 amide bonds. The molecule has 2 aromatic rings. The number of fused-ring (bicyclic) bond motifs is 3. The predicted octanol–water partition coefficient (Wildman–Crippen LogP) is 5.40. The second-order valence-corrected chi connectivity index (χ2v) is 10.6. The summed E-state index contributed by atoms with van der Waals surface area (Å²) in [4.78, 5) is 19.1. The number of ether oxygens (including phenoxy) is 1. The van der Waals surface area contributed by atoms with Crippen molar-refractivity contribution in [2.24, 2.45) is 11.3 Å². The normalized spacial score (nSPS) is 26.5. The minimum Gasteiger partial charge on any atom is -0.381 e. The average Bonchev–Trinajstić information content (AvgIpc) is 3.41. The molecule has 0 unspecified atom stereocenters. The van der Waals surface area contributed by atoms with Gasteiger partial charge in [0.1, 0.15) is 0 Å². The molecular weight excluding hydrogens is 473 g/mol. The maximum Gasteiger partial charge on any atom is 0.471 e. The van der Waals surface area contributed by atoms with Gasteiger partial charge in [-0.05, 0) is 80.9 Å². The van der Waals surface area contributed by atoms with Crippen LogP contribution in [-0.2, 0) is 21.1 Å². The van der Waals surface area contributed by atoms with Gasteiger partial charge >= 0.3 is 12.1 Å². The smallest absolute Gasteiger partial charge is 0.381 e. The van der Waals surface area contributed by atoms with Crippen LogP contribution in [0.25, 0.3) is 0 Å². The first-order chi connectivity index (χ1) is 17.2. The van der Waals surface area contributed by atoms with Crippen LogP contribution in [0.4, 0.5) is 18.9 Å². The van der Waals surface area contributed by atoms with E-state index < -0.39 is 17.5 Å². The molecule has 3 saturated carbocycles. The van der Waals surface area contributed by atoms with E-state index in [1.807, 2.05) is 11.0 Å². The first-order valence-corrected chi connectivity index (χ1v) is 12.5. The van der Waals surface area contributed by atoms with Crippen LogP contribution in [0.2, 0.25) is 0 Å². The van der Waals surface area contributed by atoms with Crippen LogP contribution in [0.3, 0.4) is 0 Å². The van der Waals surface area contributed by atoms with Crippen LogP contribution < -0.4 is 4.90 Å². The zero-order chi connectivity index (χ0) is 25.4. The summed E-state index contributed by atoms with van der Waals surface area (Å²) >= 11 is 0. The van der Waals surface area contributed by atoms with Gasteiger partial charge in [-0.3, -0.25) is 4.79 Å². The van der Waals surface area contributed by atoms with Crippen molar-refractivity contribution in [1.29, 1.82) is 5.26 Å². The lowest BCUT2D eigenvalue weighted by Crippen LogP contribution is -2.51. The van der Waals surface area contributed by atoms with Gasteiger partial charge in [-0.1, -0.05) is 11.2 Å². The van der Waals surface area contributed by atoms with Crippen LogP contribution in [0, 0.1) is 22.7 Å². The molecule has 192 valence electrons. The monoisotopic (exact) mass is 502 g/mol. The summed E-state index contributed by atoms with van der Waals surface area (Å²) in [5, 5.41) is 13.1. The minimum atomic E-state index is -4.65. The van der Waals surface area contributed by atoms with E-state index in [4.69, 9.17) is 4.74 Å². The second-order valence-electron chi connectivity index (χ2n) is 10.6. The third-order valence-corrected chi connectivity index (χ3v) is 8.43. The Morgan fingerprint density at radius 3 is 2.44 bits per heavy atom. The summed E-state index contributed by atoms with van der Waals surface area (Å²) in [5.41, 5.74) is 0.576. The number of nitrogens with zero attached hydrogens (tertiary/aromatic N) is 4. The number of carbonyl (C=O) groups is 1. The number of hydrogen-bond donors (Lipinski definition) is 0. The molecule has 7 nitrogen and oxygen atoms in total. The van der Waals surface area contributed by atoms with Gasteiger partial charge in [0.2, 0.25) is 5.91 Å². The molecule has 10 heteroatoms. The van der Waals surface area contributed by atoms with Gasteiger partial charge in [-0.25, -0.2) is 0 Å². The van der Waals surface area contributed by atoms with Gasteiger partial charge in [0, 0.05) is 37.3 Å². The van der Waals surface area contributed by atoms with Gasteiger partial charge < -0.3 is 14.2 Å². The van der Waals surface area contributed by atoms with Crippen molar-refractivity contribution in [3.63, 3.8) is 0 Å². The molecule has 0 atom stereocenters. The summed E-state index contributed by atoms with van der Waals surface area (Å²) in [5.74, 6) is -0.826. The Bertz CT molecular complexity index is 1130. The molecule has 0 radical (unpaired) electrons. The Hall–Kier alpha value is -2.93. The Kier molecular flexibility index (Phi) is 6.54. The van der Waals surface area contributed by atoms with Gasteiger partial charge in [0.05, 0.1) is 11.6 Å². The lowest BCUT2D eigenvalue weighted by molar-refractivity contribution is -0.159. The molecule has 6 rings (SSSR count). The SMILES string of the molecule is N#Cc1cccc(N(CC23CCC(c4noc(C(F)(F)F)n4)(CC2)CC3)C(=O)CC2CCOCC2)c1. The molecule has 36 heavy (non-hydrogen) atoms. The van der Waals surface area contributed by atoms with E-state index in [1.165, 1.54) is 0 Å². The van der Waals surface area contributed by atoms with Gasteiger partial charge in [0.15, 0.2) is 5.82 Å². The Morgan fingerprint density at radius 2 is 1.83 bits per heavy atom. The zero-order valence-electron chi connectivity index (χ0n) is 20.0. The highest BCUT2D eigenvalue weighted by Crippen LogP contribution is 2.57. The molecule has 0 spiro atoms. The van der Waals surface area contributed by atoms with Crippen LogP contribution in [-0.4, -0.2) is 35.8 Å². The zero-order valence-corrected chi connectivity index (χ0v) is 20.0. The predicted molar refractivity (Wildman–Crippen MR) is 123 cm³/mol. The molecular formula is C26H29F3N4O3. The molecule has 4 aliphatic rings. The number of anilines is 1. The Balaban J connectivity index is 1.34. The summed E-state index contributed by atoms with van der Waals surface area (Å²) in [7, 11) is 0. The van der Waals surface area contributed by atoms with Crippen LogP contribution >= 0.6 is 0 Å². The number of rotatable bonds is 6. The van der Waals surface area contributed by atoms with Crippen molar-refractivity contribution >= 4 is 11.6 Å². The van der Waals surface area contributed by atoms with E-state index in [-0.39, 0.29) is 23.1 Å². The first-order valence-electron chi connectivity index (χ1n) is 12.5. The molecule has 2 bridgehead atoms. The number of alkyl halides is 3. The lowest BCUT2D eigenvalue weighted by atomic mass is 9.53. The molecule has 0 N–H and O–H groups in total. The number of carbonyl (C=O) groups excluding carboxylic acids is 1. The van der Waals surface area contributed by atoms with Crippen molar-refractivity contribution in [2.75, 3.05) is 24.7 Å². The van der Waals surface area contributed by atoms with E-state index in [0.29, 0.717) is 51.0 Å². The number of nitriles is 1. The van der Waals surface area contributed by atoms with Gasteiger partial charge in [0.25, 0.3) is 0 Å². The fraction of sp³-hybridized carbons (Fsp3) is 0.615. The summed E-state index contributed by atoms with van der Waals surface area (Å²) < 4.78 is 49.0. The van der Waals surface area contributed by atoms with E-state index in [0.717, 1.165) is 37.8 Å². The van der Waals surface area contributed by atoms with Crippen LogP contribution in [0.15, 0.2) is 28.8 Å². The highest BCUT2D eigenvalue weighted by atomic mass is 19.4. The van der Waals surface area contributed by atoms with E-state index in [1.54, 1.807) is 18.2 Å². The molecule has 4 fully saturated rings. The summed E-state index contributed by atoms with van der Waals surface area (Å²) in [6.07, 6.45) is 1.76. The maximum absolute atomic E-state index is 13.6. The molecule has 1 aliphatic heterocycles. The highest BCUT2D eigenvalue weighted by Gasteiger charge is 2.53. The molecule has 1 saturated heterocycles. The molecule has 3 aliphatic carbocycles. The van der Waals surface area contributed by atoms with Crippen molar-refractivity contribution in [2.45, 2.75) is 69.4 Å². The third-order valence-electron chi connectivity index (χ3n) is 8.43. The topological polar surface area (TPSA) is 92.3 Å². The third kappa shape index (κ3) is 4.85. The van der Waals surface area contributed by atoms with Crippen molar-refractivity contribution < 1.29 is 27.2 Å². The fourth-order valence-corrected chi connectivity index (χ4v) is 6.10. The number of halogens is 3. The van der Waals surface area contributed by atoms with Gasteiger partial charge in [-0.2, -0.15) is 23.4 Å². The number of amides is 1. The largest absolute Gasteiger partial charge is 0.471 e. The van der Waals surface area contributed by atoms with Crippen LogP contribution in [0.1, 0.15) is 75.1 Å². The standard InChI is InChI=1S/C26H29F3N4O3/c27-26(28,29)23-31-22(32-36-23)25-9-6-24(7-10-25,8-11-25)17-33(20-3-1-2-19(14-20)16-30)21(34)15-18-4-12-35-13-5-18/h1-3,14,18H,4-13,15,17H2. The Morgan fingerprint density at radius 1 is 1.14 bits per heavy atom. The maximum atomic E-state index is 13.6. The number of aromatic nitrogens is 2. The van der Waals surface area contributed by atoms with E-state index in [2.05, 4.69) is 20.7 Å². The molecule has 2 heterocycles. The number of benzene rings is 1. The van der Waals surface area contributed by atoms with Crippen molar-refractivity contribution in [3.8, 4) is 6.07 Å². The van der Waals surface area contributed by atoms with Crippen molar-refractivity contribution in [3.05, 3.63) is 41.5 Å². The number of hydrogen-bond acceptors (Lipinski definition) is 6. The average molecular weight is 503 g/mol. The second kappa shape index (κ2) is 9.51. The van der Waals surface area contributed by atoms with E-state index in [9.17, 15) is 23.2 Å². The van der Waals surface area contributed by atoms with E-state index >= 15 is 0 Å². The summed E-state index contributed by atoms with van der Waals surface area (Å²) in [6.45, 7) is 1.86. The van der Waals surface area contributed by atoms with Crippen LogP contribution in [0.5, 0.6) is 0 Å². The fourth-order valence-electron chi connectivity index (χ4n) is 6.10. The lowest BCUT2D eigenvalue weighted by Gasteiger charge is -2.53. The Labute approximate surface area is 207 Å². The first kappa shape index (κ1) is 24.8. The van der Waals surface area contributed by atoms with Crippen molar-refractivity contribution in [1.82, 2.24) is 10.1 Å². The highest BCUT2D eigenvalue weighted by molar-refractivity contribution is 5.93. The minimum absolute atomic E-state index is 0.0433.